The zero-order valence-corrected chi connectivity index (χ0v) is 14.3. The molecule has 0 saturated carbocycles. The number of allylic oxidation sites excluding steroid dienone is 2. The van der Waals surface area contributed by atoms with E-state index in [0.29, 0.717) is 17.0 Å². The molecule has 1 aromatic heterocycles. The number of fused-ring (bicyclic) bond motifs is 2. The van der Waals surface area contributed by atoms with Crippen molar-refractivity contribution < 1.29 is 4.74 Å². The number of amidine groups is 1. The first-order valence-electron chi connectivity index (χ1n) is 8.11. The number of nitrogens with zero attached hydrogens (tertiary/aromatic N) is 3. The van der Waals surface area contributed by atoms with Gasteiger partial charge in [-0.25, -0.2) is 0 Å². The van der Waals surface area contributed by atoms with Gasteiger partial charge in [-0.1, -0.05) is 24.8 Å². The van der Waals surface area contributed by atoms with Crippen LogP contribution >= 0.6 is 11.8 Å². The van der Waals surface area contributed by atoms with E-state index in [1.165, 1.54) is 11.1 Å². The lowest BCUT2D eigenvalue weighted by molar-refractivity contribution is 0.149. The van der Waals surface area contributed by atoms with E-state index in [9.17, 15) is 0 Å². The lowest BCUT2D eigenvalue weighted by Gasteiger charge is -2.42. The third-order valence-corrected chi connectivity index (χ3v) is 5.86. The summed E-state index contributed by atoms with van der Waals surface area (Å²) in [5.74, 6) is 2.72. The Morgan fingerprint density at radius 2 is 2.26 bits per heavy atom. The second kappa shape index (κ2) is 5.44. The van der Waals surface area contributed by atoms with E-state index in [2.05, 4.69) is 30.4 Å². The van der Waals surface area contributed by atoms with E-state index in [1.807, 2.05) is 17.9 Å². The Balaban J connectivity index is 1.78. The molecular formula is C17H22N4OS. The molecule has 0 amide bonds. The van der Waals surface area contributed by atoms with Gasteiger partial charge < -0.3 is 10.5 Å². The Bertz CT molecular complexity index is 720. The summed E-state index contributed by atoms with van der Waals surface area (Å²) >= 11 is 1.65. The second-order valence-corrected chi connectivity index (χ2v) is 7.74. The average Bonchev–Trinajstić information content (AvgIpc) is 2.93. The molecule has 1 aromatic rings. The summed E-state index contributed by atoms with van der Waals surface area (Å²) in [4.78, 5) is 4.86. The Morgan fingerprint density at radius 3 is 3.00 bits per heavy atom. The summed E-state index contributed by atoms with van der Waals surface area (Å²) in [5, 5.41) is 5.03. The SMILES string of the molecule is CC1C=C2OCCC3(CCSC(N)=N3)C2=CC1c1cnn(C)c1. The zero-order chi connectivity index (χ0) is 16.0. The fourth-order valence-corrected chi connectivity index (χ4v) is 4.72. The predicted molar refractivity (Wildman–Crippen MR) is 93.3 cm³/mol. The number of aromatic nitrogens is 2. The standard InChI is InChI=1S/C17H22N4OS/c1-11-7-15-14(8-13(11)12-9-19-21(2)10-12)17(3-5-22-15)4-6-23-16(18)20-17/h7-11,13H,3-6H2,1-2H3,(H2,18,20). The third-order valence-electron chi connectivity index (χ3n) is 5.07. The second-order valence-electron chi connectivity index (χ2n) is 6.62. The van der Waals surface area contributed by atoms with Gasteiger partial charge in [0.05, 0.1) is 18.3 Å². The van der Waals surface area contributed by atoms with Crippen molar-refractivity contribution in [1.82, 2.24) is 9.78 Å². The van der Waals surface area contributed by atoms with Gasteiger partial charge in [0.15, 0.2) is 5.17 Å². The van der Waals surface area contributed by atoms with Gasteiger partial charge in [-0.15, -0.1) is 0 Å². The van der Waals surface area contributed by atoms with Crippen molar-refractivity contribution in [3.63, 3.8) is 0 Å². The summed E-state index contributed by atoms with van der Waals surface area (Å²) in [5.41, 5.74) is 8.32. The largest absolute Gasteiger partial charge is 0.493 e. The molecule has 3 heterocycles. The van der Waals surface area contributed by atoms with Crippen molar-refractivity contribution in [3.05, 3.63) is 41.4 Å². The Labute approximate surface area is 140 Å². The molecule has 23 heavy (non-hydrogen) atoms. The van der Waals surface area contributed by atoms with Crippen LogP contribution in [0.25, 0.3) is 0 Å². The summed E-state index contributed by atoms with van der Waals surface area (Å²) in [7, 11) is 1.96. The van der Waals surface area contributed by atoms with Gasteiger partial charge in [0.2, 0.25) is 0 Å². The van der Waals surface area contributed by atoms with Crippen molar-refractivity contribution in [2.75, 3.05) is 12.4 Å². The van der Waals surface area contributed by atoms with E-state index in [-0.39, 0.29) is 5.54 Å². The van der Waals surface area contributed by atoms with Crippen LogP contribution in [-0.2, 0) is 11.8 Å². The minimum atomic E-state index is -0.194. The predicted octanol–water partition coefficient (Wildman–Crippen LogP) is 2.57. The first-order valence-corrected chi connectivity index (χ1v) is 9.10. The van der Waals surface area contributed by atoms with E-state index >= 15 is 0 Å². The van der Waals surface area contributed by atoms with Gasteiger partial charge in [0.25, 0.3) is 0 Å². The quantitative estimate of drug-likeness (QED) is 0.859. The number of hydrogen-bond acceptors (Lipinski definition) is 5. The average molecular weight is 330 g/mol. The molecular weight excluding hydrogens is 308 g/mol. The van der Waals surface area contributed by atoms with Gasteiger partial charge in [-0.2, -0.15) is 5.10 Å². The molecule has 2 aliphatic heterocycles. The van der Waals surface area contributed by atoms with Crippen molar-refractivity contribution in [3.8, 4) is 0 Å². The molecule has 0 bridgehead atoms. The molecule has 3 unspecified atom stereocenters. The summed E-state index contributed by atoms with van der Waals surface area (Å²) in [6, 6.07) is 0. The third kappa shape index (κ3) is 2.49. The highest BCUT2D eigenvalue weighted by molar-refractivity contribution is 8.13. The smallest absolute Gasteiger partial charge is 0.154 e. The molecule has 3 aliphatic rings. The summed E-state index contributed by atoms with van der Waals surface area (Å²) in [6.45, 7) is 2.95. The highest BCUT2D eigenvalue weighted by Gasteiger charge is 2.44. The van der Waals surface area contributed by atoms with Crippen molar-refractivity contribution in [2.45, 2.75) is 31.2 Å². The number of aryl methyl sites for hydroxylation is 1. The minimum absolute atomic E-state index is 0.194. The zero-order valence-electron chi connectivity index (χ0n) is 13.5. The van der Waals surface area contributed by atoms with Crippen LogP contribution in [0, 0.1) is 5.92 Å². The first-order chi connectivity index (χ1) is 11.1. The molecule has 1 spiro atoms. The molecule has 4 rings (SSSR count). The van der Waals surface area contributed by atoms with Crippen LogP contribution in [0.5, 0.6) is 0 Å². The van der Waals surface area contributed by atoms with Crippen molar-refractivity contribution >= 4 is 16.9 Å². The van der Waals surface area contributed by atoms with Gasteiger partial charge in [-0.05, 0) is 24.0 Å². The maximum Gasteiger partial charge on any atom is 0.154 e. The number of nitrogens with two attached hydrogens (primary N) is 1. The number of aliphatic imine (C=N–C) groups is 1. The summed E-state index contributed by atoms with van der Waals surface area (Å²) < 4.78 is 7.82. The van der Waals surface area contributed by atoms with E-state index in [1.54, 1.807) is 11.8 Å². The van der Waals surface area contributed by atoms with E-state index < -0.39 is 0 Å². The fourth-order valence-electron chi connectivity index (χ4n) is 3.83. The van der Waals surface area contributed by atoms with Crippen molar-refractivity contribution in [2.24, 2.45) is 23.7 Å². The molecule has 2 N–H and O–H groups in total. The van der Waals surface area contributed by atoms with Crippen molar-refractivity contribution in [1.29, 1.82) is 0 Å². The van der Waals surface area contributed by atoms with Crippen LogP contribution < -0.4 is 5.73 Å². The van der Waals surface area contributed by atoms with Gasteiger partial charge in [0.1, 0.15) is 5.76 Å². The van der Waals surface area contributed by atoms with Crippen LogP contribution in [0.2, 0.25) is 0 Å². The lowest BCUT2D eigenvalue weighted by atomic mass is 9.73. The van der Waals surface area contributed by atoms with Gasteiger partial charge in [0, 0.05) is 36.9 Å². The molecule has 0 aromatic carbocycles. The molecule has 1 aliphatic carbocycles. The molecule has 1 fully saturated rings. The molecule has 3 atom stereocenters. The highest BCUT2D eigenvalue weighted by Crippen LogP contribution is 2.47. The van der Waals surface area contributed by atoms with E-state index in [0.717, 1.165) is 31.0 Å². The normalized spacial score (nSPS) is 33.4. The molecule has 6 heteroatoms. The number of ether oxygens (including phenoxy) is 1. The monoisotopic (exact) mass is 330 g/mol. The maximum absolute atomic E-state index is 6.05. The van der Waals surface area contributed by atoms with Crippen LogP contribution in [0.4, 0.5) is 0 Å². The highest BCUT2D eigenvalue weighted by atomic mass is 32.2. The molecule has 1 saturated heterocycles. The molecule has 122 valence electrons. The van der Waals surface area contributed by atoms with Crippen LogP contribution in [0.1, 0.15) is 31.2 Å². The Hall–Kier alpha value is -1.69. The first kappa shape index (κ1) is 14.9. The van der Waals surface area contributed by atoms with E-state index in [4.69, 9.17) is 15.5 Å². The summed E-state index contributed by atoms with van der Waals surface area (Å²) in [6.07, 6.45) is 10.6. The number of rotatable bonds is 1. The lowest BCUT2D eigenvalue weighted by Crippen LogP contribution is -2.42. The number of thioether (sulfide) groups is 1. The van der Waals surface area contributed by atoms with Gasteiger partial charge >= 0.3 is 0 Å². The molecule has 5 nitrogen and oxygen atoms in total. The fraction of sp³-hybridized carbons (Fsp3) is 0.529. The minimum Gasteiger partial charge on any atom is -0.493 e. The Morgan fingerprint density at radius 1 is 1.39 bits per heavy atom. The van der Waals surface area contributed by atoms with Crippen LogP contribution in [0.15, 0.2) is 40.9 Å². The van der Waals surface area contributed by atoms with Gasteiger partial charge in [-0.3, -0.25) is 9.67 Å². The van der Waals surface area contributed by atoms with Crippen LogP contribution in [0.3, 0.4) is 0 Å². The maximum atomic E-state index is 6.05. The number of hydrogen-bond donors (Lipinski definition) is 1. The Kier molecular flexibility index (Phi) is 3.52. The topological polar surface area (TPSA) is 65.4 Å². The van der Waals surface area contributed by atoms with Crippen LogP contribution in [-0.4, -0.2) is 32.8 Å². The molecule has 0 radical (unpaired) electrons.